The molecule has 9 nitrogen and oxygen atoms in total. The van der Waals surface area contributed by atoms with Crippen molar-refractivity contribution in [1.29, 1.82) is 0 Å². The van der Waals surface area contributed by atoms with E-state index in [1.54, 1.807) is 18.3 Å². The van der Waals surface area contributed by atoms with Gasteiger partial charge in [0.2, 0.25) is 0 Å². The molecule has 0 atom stereocenters. The quantitative estimate of drug-likeness (QED) is 0.233. The van der Waals surface area contributed by atoms with E-state index in [0.29, 0.717) is 16.9 Å². The molecule has 0 spiro atoms. The van der Waals surface area contributed by atoms with Crippen LogP contribution in [0.4, 0.5) is 26.3 Å². The molecular weight excluding hydrogens is 598 g/mol. The number of aromatic nitrogens is 2. The topological polar surface area (TPSA) is 128 Å². The van der Waals surface area contributed by atoms with E-state index in [2.05, 4.69) is 10.3 Å². The van der Waals surface area contributed by atoms with E-state index in [4.69, 9.17) is 25.1 Å². The van der Waals surface area contributed by atoms with Gasteiger partial charge in [0.1, 0.15) is 29.9 Å². The Kier molecular flexibility index (Phi) is 9.67. The molecular formula is C29H26F6N4O5. The summed E-state index contributed by atoms with van der Waals surface area (Å²) in [7, 11) is 0. The number of rotatable bonds is 7. The van der Waals surface area contributed by atoms with Gasteiger partial charge in [0.15, 0.2) is 0 Å². The third-order valence-electron chi connectivity index (χ3n) is 6.56. The van der Waals surface area contributed by atoms with E-state index in [0.717, 1.165) is 37.7 Å². The number of ether oxygens (including phenoxy) is 2. The summed E-state index contributed by atoms with van der Waals surface area (Å²) in [6.45, 7) is 1.46. The van der Waals surface area contributed by atoms with Crippen molar-refractivity contribution < 1.29 is 50.5 Å². The molecule has 234 valence electrons. The fourth-order valence-electron chi connectivity index (χ4n) is 4.44. The summed E-state index contributed by atoms with van der Waals surface area (Å²) in [6.07, 6.45) is -4.06. The Balaban J connectivity index is 0.000000566. The Labute approximate surface area is 246 Å². The molecule has 0 unspecified atom stereocenters. The maximum Gasteiger partial charge on any atom is 0.490 e. The van der Waals surface area contributed by atoms with Gasteiger partial charge in [-0.3, -0.25) is 9.20 Å². The maximum atomic E-state index is 13.4. The number of benzene rings is 2. The standard InChI is InChI=1S/C27H25F3N4O3.C2HF3O2/c28-27(29,30)22-4-2-1-3-18(22)16-36-24-13-17(5-6-21(24)26(31)35)23-15-33-25-14-20(9-12-34(23)25)37-19-7-10-32-11-8-19;3-2(4,5)1(6)7/h1-6,9,12-15,19,32H,7-8,10-11,16H2,(H2,31,35);(H,6,7). The third-order valence-corrected chi connectivity index (χ3v) is 6.56. The Hall–Kier alpha value is -4.79. The Morgan fingerprint density at radius 1 is 1.02 bits per heavy atom. The van der Waals surface area contributed by atoms with Crippen molar-refractivity contribution in [2.45, 2.75) is 37.9 Å². The van der Waals surface area contributed by atoms with Gasteiger partial charge in [0, 0.05) is 23.4 Å². The highest BCUT2D eigenvalue weighted by Crippen LogP contribution is 2.34. The number of primary amides is 1. The molecule has 4 N–H and O–H groups in total. The summed E-state index contributed by atoms with van der Waals surface area (Å²) < 4.78 is 85.6. The van der Waals surface area contributed by atoms with Crippen molar-refractivity contribution in [2.24, 2.45) is 5.73 Å². The number of nitrogens with zero attached hydrogens (tertiary/aromatic N) is 2. The Morgan fingerprint density at radius 2 is 1.70 bits per heavy atom. The van der Waals surface area contributed by atoms with Gasteiger partial charge < -0.3 is 25.6 Å². The number of carboxylic acid groups (broad SMARTS) is 1. The predicted molar refractivity (Wildman–Crippen MR) is 145 cm³/mol. The van der Waals surface area contributed by atoms with Crippen LogP contribution in [0.1, 0.15) is 34.3 Å². The van der Waals surface area contributed by atoms with Crippen molar-refractivity contribution in [2.75, 3.05) is 13.1 Å². The van der Waals surface area contributed by atoms with Crippen LogP contribution in [0.15, 0.2) is 67.0 Å². The smallest absolute Gasteiger partial charge is 0.490 e. The van der Waals surface area contributed by atoms with E-state index in [1.807, 2.05) is 22.7 Å². The first kappa shape index (κ1) is 32.1. The SMILES string of the molecule is NC(=O)c1ccc(-c2cnc3cc(OC4CCNCC4)ccn23)cc1OCc1ccccc1C(F)(F)F.O=C(O)C(F)(F)F. The number of aliphatic carboxylic acids is 1. The minimum absolute atomic E-state index is 0.0492. The number of imidazole rings is 1. The molecule has 4 aromatic rings. The number of carbonyl (C=O) groups is 2. The molecule has 3 heterocycles. The largest absolute Gasteiger partial charge is 0.490 e. The van der Waals surface area contributed by atoms with E-state index in [-0.39, 0.29) is 29.6 Å². The molecule has 1 fully saturated rings. The number of carbonyl (C=O) groups excluding carboxylic acids is 1. The van der Waals surface area contributed by atoms with Crippen LogP contribution in [0.5, 0.6) is 11.5 Å². The minimum atomic E-state index is -5.08. The van der Waals surface area contributed by atoms with Crippen LogP contribution < -0.4 is 20.5 Å². The van der Waals surface area contributed by atoms with Gasteiger partial charge in [-0.15, -0.1) is 0 Å². The fraction of sp³-hybridized carbons (Fsp3) is 0.276. The van der Waals surface area contributed by atoms with Gasteiger partial charge in [-0.2, -0.15) is 26.3 Å². The molecule has 0 radical (unpaired) electrons. The van der Waals surface area contributed by atoms with E-state index >= 15 is 0 Å². The molecule has 0 aliphatic carbocycles. The van der Waals surface area contributed by atoms with Crippen LogP contribution in [0.3, 0.4) is 0 Å². The van der Waals surface area contributed by atoms with Gasteiger partial charge in [-0.05, 0) is 50.2 Å². The molecule has 2 aromatic carbocycles. The Morgan fingerprint density at radius 3 is 2.34 bits per heavy atom. The van der Waals surface area contributed by atoms with Gasteiger partial charge in [0.25, 0.3) is 5.91 Å². The second kappa shape index (κ2) is 13.2. The highest BCUT2D eigenvalue weighted by Gasteiger charge is 2.38. The highest BCUT2D eigenvalue weighted by atomic mass is 19.4. The zero-order valence-corrected chi connectivity index (χ0v) is 22.8. The number of amides is 1. The van der Waals surface area contributed by atoms with E-state index in [1.165, 1.54) is 24.3 Å². The lowest BCUT2D eigenvalue weighted by atomic mass is 10.1. The number of carboxylic acids is 1. The highest BCUT2D eigenvalue weighted by molar-refractivity contribution is 5.96. The predicted octanol–water partition coefficient (Wildman–Crippen LogP) is 5.46. The number of halogens is 6. The zero-order valence-electron chi connectivity index (χ0n) is 22.8. The van der Waals surface area contributed by atoms with Gasteiger partial charge in [-0.1, -0.05) is 24.3 Å². The maximum absolute atomic E-state index is 13.4. The summed E-state index contributed by atoms with van der Waals surface area (Å²) in [4.78, 5) is 25.4. The first-order chi connectivity index (χ1) is 20.7. The number of alkyl halides is 6. The molecule has 1 saturated heterocycles. The summed E-state index contributed by atoms with van der Waals surface area (Å²) in [5.41, 5.74) is 6.76. The van der Waals surface area contributed by atoms with E-state index < -0.39 is 29.8 Å². The molecule has 1 aliphatic heterocycles. The number of hydrogen-bond donors (Lipinski definition) is 3. The van der Waals surface area contributed by atoms with Crippen LogP contribution in [0.25, 0.3) is 16.9 Å². The van der Waals surface area contributed by atoms with Gasteiger partial charge in [-0.25, -0.2) is 9.78 Å². The van der Waals surface area contributed by atoms with Crippen LogP contribution >= 0.6 is 0 Å². The number of pyridine rings is 1. The summed E-state index contributed by atoms with van der Waals surface area (Å²) in [6, 6.07) is 13.6. The molecule has 2 aromatic heterocycles. The first-order valence-corrected chi connectivity index (χ1v) is 13.1. The molecule has 5 rings (SSSR count). The molecule has 0 saturated carbocycles. The number of piperidine rings is 1. The van der Waals surface area contributed by atoms with Crippen LogP contribution in [-0.4, -0.2) is 51.7 Å². The summed E-state index contributed by atoms with van der Waals surface area (Å²) >= 11 is 0. The van der Waals surface area contributed by atoms with Crippen LogP contribution in [0.2, 0.25) is 0 Å². The van der Waals surface area contributed by atoms with Crippen molar-refractivity contribution in [3.63, 3.8) is 0 Å². The molecule has 44 heavy (non-hydrogen) atoms. The summed E-state index contributed by atoms with van der Waals surface area (Å²) in [5.74, 6) is -2.69. The lowest BCUT2D eigenvalue weighted by Crippen LogP contribution is -2.34. The molecule has 1 amide bonds. The van der Waals surface area contributed by atoms with Crippen molar-refractivity contribution in [3.8, 4) is 22.8 Å². The van der Waals surface area contributed by atoms with Crippen LogP contribution in [-0.2, 0) is 17.6 Å². The first-order valence-electron chi connectivity index (χ1n) is 13.1. The van der Waals surface area contributed by atoms with Crippen molar-refractivity contribution >= 4 is 17.5 Å². The second-order valence-electron chi connectivity index (χ2n) is 9.62. The average molecular weight is 625 g/mol. The third kappa shape index (κ3) is 7.98. The van der Waals surface area contributed by atoms with E-state index in [9.17, 15) is 31.1 Å². The molecule has 15 heteroatoms. The number of nitrogens with two attached hydrogens (primary N) is 1. The lowest BCUT2D eigenvalue weighted by molar-refractivity contribution is -0.192. The minimum Gasteiger partial charge on any atom is -0.490 e. The Bertz CT molecular complexity index is 1630. The number of nitrogens with one attached hydrogen (secondary N) is 1. The number of fused-ring (bicyclic) bond motifs is 1. The van der Waals surface area contributed by atoms with Gasteiger partial charge in [0.05, 0.1) is 23.0 Å². The average Bonchev–Trinajstić information content (AvgIpc) is 3.39. The van der Waals surface area contributed by atoms with Crippen molar-refractivity contribution in [1.82, 2.24) is 14.7 Å². The number of hydrogen-bond acceptors (Lipinski definition) is 6. The zero-order chi connectivity index (χ0) is 32.1. The lowest BCUT2D eigenvalue weighted by Gasteiger charge is -2.23. The monoisotopic (exact) mass is 624 g/mol. The molecule has 1 aliphatic rings. The normalized spacial score (nSPS) is 14.0. The fourth-order valence-corrected chi connectivity index (χ4v) is 4.44. The van der Waals surface area contributed by atoms with Crippen LogP contribution in [0, 0.1) is 0 Å². The van der Waals surface area contributed by atoms with Crippen molar-refractivity contribution in [3.05, 3.63) is 83.7 Å². The second-order valence-corrected chi connectivity index (χ2v) is 9.62. The summed E-state index contributed by atoms with van der Waals surface area (Å²) in [5, 5.41) is 10.4. The van der Waals surface area contributed by atoms with Gasteiger partial charge >= 0.3 is 18.3 Å². The molecule has 0 bridgehead atoms.